The Hall–Kier alpha value is -1.42. The van der Waals surface area contributed by atoms with Gasteiger partial charge in [-0.2, -0.15) is 0 Å². The van der Waals surface area contributed by atoms with E-state index in [-0.39, 0.29) is 5.91 Å². The summed E-state index contributed by atoms with van der Waals surface area (Å²) in [6, 6.07) is 0. The van der Waals surface area contributed by atoms with Crippen molar-refractivity contribution in [2.75, 3.05) is 26.2 Å². The van der Waals surface area contributed by atoms with E-state index in [1.165, 1.54) is 0 Å². The zero-order valence-electron chi connectivity index (χ0n) is 12.6. The molecule has 1 aliphatic heterocycles. The van der Waals surface area contributed by atoms with E-state index >= 15 is 0 Å². The van der Waals surface area contributed by atoms with Crippen LogP contribution in [0.1, 0.15) is 27.7 Å². The number of nitrogens with one attached hydrogen (secondary N) is 1. The smallest absolute Gasteiger partial charge is 0.234 e. The van der Waals surface area contributed by atoms with Crippen LogP contribution in [-0.4, -0.2) is 43.2 Å². The van der Waals surface area contributed by atoms with Crippen molar-refractivity contribution in [1.29, 1.82) is 0 Å². The van der Waals surface area contributed by atoms with Crippen LogP contribution in [0.15, 0.2) is 29.4 Å². The van der Waals surface area contributed by atoms with E-state index < -0.39 is 0 Å². The Morgan fingerprint density at radius 2 is 2.26 bits per heavy atom. The molecule has 1 unspecified atom stereocenters. The summed E-state index contributed by atoms with van der Waals surface area (Å²) in [5.41, 5.74) is 0.947. The highest BCUT2D eigenvalue weighted by atomic mass is 16.2. The first-order chi connectivity index (χ1) is 9.11. The van der Waals surface area contributed by atoms with Crippen molar-refractivity contribution in [2.24, 2.45) is 10.9 Å². The van der Waals surface area contributed by atoms with E-state index in [1.807, 2.05) is 33.1 Å². The summed E-state index contributed by atoms with van der Waals surface area (Å²) in [6.07, 6.45) is 5.53. The van der Waals surface area contributed by atoms with E-state index in [1.54, 1.807) is 6.08 Å². The van der Waals surface area contributed by atoms with E-state index in [0.29, 0.717) is 12.5 Å². The number of carbonyl (C=O) groups is 1. The topological polar surface area (TPSA) is 44.7 Å². The molecule has 0 aromatic rings. The first kappa shape index (κ1) is 17.6. The molecule has 1 aliphatic rings. The van der Waals surface area contributed by atoms with Gasteiger partial charge in [0.05, 0.1) is 6.54 Å². The average molecular weight is 265 g/mol. The minimum atomic E-state index is 0.114. The van der Waals surface area contributed by atoms with Crippen molar-refractivity contribution < 1.29 is 4.79 Å². The molecule has 1 saturated heterocycles. The predicted octanol–water partition coefficient (Wildman–Crippen LogP) is 2.24. The number of carbonyl (C=O) groups excluding carboxylic acids is 1. The number of hydrogen-bond acceptors (Lipinski definition) is 3. The van der Waals surface area contributed by atoms with E-state index in [4.69, 9.17) is 0 Å². The van der Waals surface area contributed by atoms with Crippen molar-refractivity contribution in [3.8, 4) is 0 Å². The Morgan fingerprint density at radius 3 is 2.84 bits per heavy atom. The zero-order chi connectivity index (χ0) is 14.7. The summed E-state index contributed by atoms with van der Waals surface area (Å²) in [6.45, 7) is 14.7. The Labute approximate surface area is 117 Å². The minimum absolute atomic E-state index is 0.114. The second kappa shape index (κ2) is 10.5. The van der Waals surface area contributed by atoms with Crippen LogP contribution in [0.5, 0.6) is 0 Å². The van der Waals surface area contributed by atoms with Gasteiger partial charge in [0.15, 0.2) is 0 Å². The number of allylic oxidation sites excluding steroid dienone is 3. The van der Waals surface area contributed by atoms with Crippen molar-refractivity contribution in [1.82, 2.24) is 10.2 Å². The van der Waals surface area contributed by atoms with Gasteiger partial charge in [-0.1, -0.05) is 33.4 Å². The second-order valence-corrected chi connectivity index (χ2v) is 4.38. The van der Waals surface area contributed by atoms with Crippen molar-refractivity contribution in [2.45, 2.75) is 27.7 Å². The fourth-order valence-corrected chi connectivity index (χ4v) is 1.76. The standard InChI is InChI=1S/C13H21N3O.C2H6/c1-4-5-12(3)15-8-11(2)9-16-7-6-14-13(17)10-16;1-2/h4-5,8,11H,1,6-7,9-10H2,2-3H3,(H,14,17);1-2H3/b12-5-,15-8?;. The number of amides is 1. The van der Waals surface area contributed by atoms with Gasteiger partial charge >= 0.3 is 0 Å². The molecule has 1 N–H and O–H groups in total. The highest BCUT2D eigenvalue weighted by Gasteiger charge is 2.16. The van der Waals surface area contributed by atoms with Crippen molar-refractivity contribution in [3.63, 3.8) is 0 Å². The largest absolute Gasteiger partial charge is 0.354 e. The van der Waals surface area contributed by atoms with Gasteiger partial charge in [-0.3, -0.25) is 14.7 Å². The second-order valence-electron chi connectivity index (χ2n) is 4.38. The van der Waals surface area contributed by atoms with Gasteiger partial charge in [0, 0.05) is 37.5 Å². The normalized spacial score (nSPS) is 18.5. The molecule has 0 spiro atoms. The van der Waals surface area contributed by atoms with Crippen LogP contribution >= 0.6 is 0 Å². The van der Waals surface area contributed by atoms with Crippen LogP contribution in [-0.2, 0) is 4.79 Å². The quantitative estimate of drug-likeness (QED) is 0.612. The van der Waals surface area contributed by atoms with Crippen LogP contribution in [0.4, 0.5) is 0 Å². The molecule has 1 amide bonds. The molecule has 1 atom stereocenters. The lowest BCUT2D eigenvalue weighted by Crippen LogP contribution is -2.48. The van der Waals surface area contributed by atoms with E-state index in [0.717, 1.165) is 25.3 Å². The maximum Gasteiger partial charge on any atom is 0.234 e. The van der Waals surface area contributed by atoms with E-state index in [2.05, 4.69) is 28.7 Å². The molecule has 1 rings (SSSR count). The lowest BCUT2D eigenvalue weighted by atomic mass is 10.2. The zero-order valence-corrected chi connectivity index (χ0v) is 12.6. The number of nitrogens with zero attached hydrogens (tertiary/aromatic N) is 2. The third kappa shape index (κ3) is 8.32. The van der Waals surface area contributed by atoms with Crippen molar-refractivity contribution >= 4 is 12.1 Å². The highest BCUT2D eigenvalue weighted by molar-refractivity contribution is 5.78. The Morgan fingerprint density at radius 1 is 1.58 bits per heavy atom. The van der Waals surface area contributed by atoms with Gasteiger partial charge in [-0.15, -0.1) is 0 Å². The van der Waals surface area contributed by atoms with Crippen LogP contribution < -0.4 is 5.32 Å². The molecule has 0 radical (unpaired) electrons. The molecule has 0 aromatic carbocycles. The fraction of sp³-hybridized carbons (Fsp3) is 0.600. The number of hydrogen-bond donors (Lipinski definition) is 1. The SMILES string of the molecule is C=C/C=C(/C)N=CC(C)CN1CCNC(=O)C1.CC. The number of piperazine rings is 1. The summed E-state index contributed by atoms with van der Waals surface area (Å²) in [5.74, 6) is 0.456. The van der Waals surface area contributed by atoms with Gasteiger partial charge < -0.3 is 5.32 Å². The maximum absolute atomic E-state index is 11.2. The maximum atomic E-state index is 11.2. The molecule has 19 heavy (non-hydrogen) atoms. The highest BCUT2D eigenvalue weighted by Crippen LogP contribution is 2.02. The molecule has 4 nitrogen and oxygen atoms in total. The number of aliphatic imine (C=N–C) groups is 1. The van der Waals surface area contributed by atoms with Gasteiger partial charge in [0.2, 0.25) is 5.91 Å². The van der Waals surface area contributed by atoms with Gasteiger partial charge in [-0.05, 0) is 13.0 Å². The summed E-state index contributed by atoms with van der Waals surface area (Å²) in [4.78, 5) is 17.7. The molecular formula is C15H27N3O. The fourth-order valence-electron chi connectivity index (χ4n) is 1.76. The molecule has 108 valence electrons. The monoisotopic (exact) mass is 265 g/mol. The first-order valence-electron chi connectivity index (χ1n) is 6.94. The summed E-state index contributed by atoms with van der Waals surface area (Å²) in [7, 11) is 0. The molecule has 0 saturated carbocycles. The van der Waals surface area contributed by atoms with E-state index in [9.17, 15) is 4.79 Å². The molecule has 0 aromatic heterocycles. The summed E-state index contributed by atoms with van der Waals surface area (Å²) < 4.78 is 0. The molecular weight excluding hydrogens is 238 g/mol. The van der Waals surface area contributed by atoms with Crippen LogP contribution in [0, 0.1) is 5.92 Å². The summed E-state index contributed by atoms with van der Waals surface area (Å²) in [5, 5.41) is 2.82. The molecule has 1 fully saturated rings. The van der Waals surface area contributed by atoms with Crippen LogP contribution in [0.3, 0.4) is 0 Å². The summed E-state index contributed by atoms with van der Waals surface area (Å²) >= 11 is 0. The van der Waals surface area contributed by atoms with Crippen LogP contribution in [0.2, 0.25) is 0 Å². The Kier molecular flexibility index (Phi) is 9.71. The molecule has 4 heteroatoms. The Bertz CT molecular complexity index is 334. The first-order valence-corrected chi connectivity index (χ1v) is 6.94. The minimum Gasteiger partial charge on any atom is -0.354 e. The van der Waals surface area contributed by atoms with Crippen LogP contribution in [0.25, 0.3) is 0 Å². The predicted molar refractivity (Wildman–Crippen MR) is 82.4 cm³/mol. The molecule has 0 aliphatic carbocycles. The van der Waals surface area contributed by atoms with Crippen molar-refractivity contribution in [3.05, 3.63) is 24.4 Å². The molecule has 1 heterocycles. The lowest BCUT2D eigenvalue weighted by Gasteiger charge is -2.27. The lowest BCUT2D eigenvalue weighted by molar-refractivity contribution is -0.124. The third-order valence-electron chi connectivity index (χ3n) is 2.56. The Balaban J connectivity index is 0.00000154. The molecule has 0 bridgehead atoms. The third-order valence-corrected chi connectivity index (χ3v) is 2.56. The number of rotatable bonds is 5. The van der Waals surface area contributed by atoms with Gasteiger partial charge in [0.25, 0.3) is 0 Å². The van der Waals surface area contributed by atoms with Gasteiger partial charge in [-0.25, -0.2) is 0 Å². The van der Waals surface area contributed by atoms with Gasteiger partial charge in [0.1, 0.15) is 0 Å². The average Bonchev–Trinajstić information content (AvgIpc) is 2.39.